The normalized spacial score (nSPS) is 16.4. The molecule has 0 aromatic heterocycles. The number of hydrogen-bond acceptors (Lipinski definition) is 3. The minimum absolute atomic E-state index is 0.0462. The molecule has 0 fully saturated rings. The molecule has 0 saturated carbocycles. The standard InChI is InChI=1S/C25H22N2O/c1-19(28)12-13-20-14-16-23(17-15-20)27-25(22-10-6-3-7-11-22)18-24(26-27)21-8-4-2-5-9-21/h2-17,25H,18H2,1H3/b13-12+/t25-/m0/s1. The maximum Gasteiger partial charge on any atom is 0.152 e. The first-order valence-electron chi connectivity index (χ1n) is 9.46. The van der Waals surface area contributed by atoms with Gasteiger partial charge in [-0.15, -0.1) is 0 Å². The predicted octanol–water partition coefficient (Wildman–Crippen LogP) is 5.64. The highest BCUT2D eigenvalue weighted by Crippen LogP contribution is 2.36. The lowest BCUT2D eigenvalue weighted by Crippen LogP contribution is -2.18. The molecule has 28 heavy (non-hydrogen) atoms. The van der Waals surface area contributed by atoms with E-state index in [0.29, 0.717) is 0 Å². The summed E-state index contributed by atoms with van der Waals surface area (Å²) in [6, 6.07) is 29.2. The molecule has 0 aliphatic carbocycles. The number of allylic oxidation sites excluding steroid dienone is 1. The smallest absolute Gasteiger partial charge is 0.152 e. The summed E-state index contributed by atoms with van der Waals surface area (Å²) in [7, 11) is 0. The molecule has 1 atom stereocenters. The Bertz CT molecular complexity index is 1010. The second-order valence-electron chi connectivity index (χ2n) is 6.92. The van der Waals surface area contributed by atoms with Crippen molar-refractivity contribution in [2.45, 2.75) is 19.4 Å². The molecule has 1 aliphatic heterocycles. The molecule has 0 radical (unpaired) electrons. The molecule has 0 spiro atoms. The summed E-state index contributed by atoms with van der Waals surface area (Å²) in [5.41, 5.74) is 5.54. The summed E-state index contributed by atoms with van der Waals surface area (Å²) in [6.45, 7) is 1.55. The number of rotatable bonds is 5. The fraction of sp³-hybridized carbons (Fsp3) is 0.120. The van der Waals surface area contributed by atoms with E-state index in [9.17, 15) is 4.79 Å². The Kier molecular flexibility index (Phi) is 5.16. The van der Waals surface area contributed by atoms with Gasteiger partial charge in [-0.1, -0.05) is 78.9 Å². The first-order valence-corrected chi connectivity index (χ1v) is 9.46. The van der Waals surface area contributed by atoms with Gasteiger partial charge in [-0.3, -0.25) is 9.80 Å². The third-order valence-electron chi connectivity index (χ3n) is 4.87. The van der Waals surface area contributed by atoms with Crippen LogP contribution in [0.2, 0.25) is 0 Å². The van der Waals surface area contributed by atoms with Gasteiger partial charge in [0.1, 0.15) is 0 Å². The van der Waals surface area contributed by atoms with Gasteiger partial charge in [-0.25, -0.2) is 0 Å². The van der Waals surface area contributed by atoms with Gasteiger partial charge < -0.3 is 0 Å². The van der Waals surface area contributed by atoms with Crippen LogP contribution in [-0.2, 0) is 4.79 Å². The van der Waals surface area contributed by atoms with Crippen LogP contribution in [0.25, 0.3) is 6.08 Å². The summed E-state index contributed by atoms with van der Waals surface area (Å²) in [6.07, 6.45) is 4.28. The van der Waals surface area contributed by atoms with Crippen LogP contribution in [0.1, 0.15) is 36.1 Å². The highest BCUT2D eigenvalue weighted by atomic mass is 16.1. The van der Waals surface area contributed by atoms with E-state index in [1.54, 1.807) is 13.0 Å². The Morgan fingerprint density at radius 3 is 2.21 bits per heavy atom. The second kappa shape index (κ2) is 8.05. The highest BCUT2D eigenvalue weighted by Gasteiger charge is 2.29. The molecule has 3 aromatic rings. The van der Waals surface area contributed by atoms with Crippen LogP contribution >= 0.6 is 0 Å². The molecular weight excluding hydrogens is 344 g/mol. The van der Waals surface area contributed by atoms with Gasteiger partial charge in [-0.05, 0) is 41.8 Å². The molecule has 0 bridgehead atoms. The number of hydrazone groups is 1. The van der Waals surface area contributed by atoms with Crippen molar-refractivity contribution in [2.24, 2.45) is 5.10 Å². The fourth-order valence-corrected chi connectivity index (χ4v) is 3.44. The SMILES string of the molecule is CC(=O)/C=C/c1ccc(N2N=C(c3ccccc3)C[C@H]2c2ccccc2)cc1. The molecule has 3 nitrogen and oxygen atoms in total. The van der Waals surface area contributed by atoms with Gasteiger partial charge in [0.2, 0.25) is 0 Å². The number of hydrogen-bond donors (Lipinski definition) is 0. The van der Waals surface area contributed by atoms with Crippen molar-refractivity contribution in [3.8, 4) is 0 Å². The Morgan fingerprint density at radius 1 is 0.929 bits per heavy atom. The summed E-state index contributed by atoms with van der Waals surface area (Å²) in [4.78, 5) is 11.2. The molecule has 138 valence electrons. The van der Waals surface area contributed by atoms with E-state index in [2.05, 4.69) is 53.5 Å². The van der Waals surface area contributed by atoms with Gasteiger partial charge in [0.05, 0.1) is 17.4 Å². The van der Waals surface area contributed by atoms with E-state index >= 15 is 0 Å². The first kappa shape index (κ1) is 17.9. The van der Waals surface area contributed by atoms with Crippen molar-refractivity contribution in [3.63, 3.8) is 0 Å². The molecule has 0 saturated heterocycles. The Morgan fingerprint density at radius 2 is 1.57 bits per heavy atom. The largest absolute Gasteiger partial charge is 0.295 e. The zero-order valence-electron chi connectivity index (χ0n) is 15.8. The molecule has 0 N–H and O–H groups in total. The van der Waals surface area contributed by atoms with E-state index in [1.807, 2.05) is 42.5 Å². The maximum absolute atomic E-state index is 11.2. The molecular formula is C25H22N2O. The van der Waals surface area contributed by atoms with Crippen LogP contribution in [0.5, 0.6) is 0 Å². The van der Waals surface area contributed by atoms with E-state index < -0.39 is 0 Å². The number of anilines is 1. The Balaban J connectivity index is 1.68. The summed E-state index contributed by atoms with van der Waals surface area (Å²) < 4.78 is 0. The lowest BCUT2D eigenvalue weighted by atomic mass is 9.98. The van der Waals surface area contributed by atoms with E-state index in [-0.39, 0.29) is 11.8 Å². The van der Waals surface area contributed by atoms with E-state index in [1.165, 1.54) is 5.56 Å². The van der Waals surface area contributed by atoms with Gasteiger partial charge >= 0.3 is 0 Å². The Hall–Kier alpha value is -3.46. The molecule has 3 heteroatoms. The van der Waals surface area contributed by atoms with Crippen LogP contribution in [-0.4, -0.2) is 11.5 Å². The number of carbonyl (C=O) groups is 1. The summed E-state index contributed by atoms with van der Waals surface area (Å²) in [5.74, 6) is 0.0462. The van der Waals surface area contributed by atoms with Crippen LogP contribution < -0.4 is 5.01 Å². The van der Waals surface area contributed by atoms with Gasteiger partial charge in [-0.2, -0.15) is 5.10 Å². The average Bonchev–Trinajstić information content (AvgIpc) is 3.19. The fourth-order valence-electron chi connectivity index (χ4n) is 3.44. The Labute approximate surface area is 165 Å². The predicted molar refractivity (Wildman–Crippen MR) is 115 cm³/mol. The van der Waals surface area contributed by atoms with Crippen LogP contribution in [0.4, 0.5) is 5.69 Å². The second-order valence-corrected chi connectivity index (χ2v) is 6.92. The van der Waals surface area contributed by atoms with E-state index in [0.717, 1.165) is 28.9 Å². The van der Waals surface area contributed by atoms with Crippen molar-refractivity contribution in [2.75, 3.05) is 5.01 Å². The van der Waals surface area contributed by atoms with Gasteiger partial charge in [0.15, 0.2) is 5.78 Å². The van der Waals surface area contributed by atoms with Crippen LogP contribution in [0.3, 0.4) is 0 Å². The van der Waals surface area contributed by atoms with Crippen molar-refractivity contribution in [1.29, 1.82) is 0 Å². The lowest BCUT2D eigenvalue weighted by molar-refractivity contribution is -0.112. The monoisotopic (exact) mass is 366 g/mol. The number of carbonyl (C=O) groups excluding carboxylic acids is 1. The minimum Gasteiger partial charge on any atom is -0.295 e. The number of benzene rings is 3. The number of nitrogens with zero attached hydrogens (tertiary/aromatic N) is 2. The molecule has 1 aliphatic rings. The third kappa shape index (κ3) is 3.94. The quantitative estimate of drug-likeness (QED) is 0.547. The minimum atomic E-state index is 0.0462. The molecule has 0 amide bonds. The summed E-state index contributed by atoms with van der Waals surface area (Å²) >= 11 is 0. The van der Waals surface area contributed by atoms with Crippen molar-refractivity contribution in [1.82, 2.24) is 0 Å². The third-order valence-corrected chi connectivity index (χ3v) is 4.87. The van der Waals surface area contributed by atoms with Crippen molar-refractivity contribution >= 4 is 23.3 Å². The molecule has 3 aromatic carbocycles. The first-order chi connectivity index (χ1) is 13.7. The molecule has 1 heterocycles. The lowest BCUT2D eigenvalue weighted by Gasteiger charge is -2.24. The topological polar surface area (TPSA) is 32.7 Å². The van der Waals surface area contributed by atoms with Crippen LogP contribution in [0, 0.1) is 0 Å². The molecule has 0 unspecified atom stereocenters. The maximum atomic E-state index is 11.2. The zero-order valence-corrected chi connectivity index (χ0v) is 15.8. The summed E-state index contributed by atoms with van der Waals surface area (Å²) in [5, 5.41) is 7.08. The van der Waals surface area contributed by atoms with Crippen LogP contribution in [0.15, 0.2) is 96.1 Å². The average molecular weight is 366 g/mol. The van der Waals surface area contributed by atoms with Crippen molar-refractivity contribution in [3.05, 3.63) is 108 Å². The van der Waals surface area contributed by atoms with Gasteiger partial charge in [0.25, 0.3) is 0 Å². The zero-order chi connectivity index (χ0) is 19.3. The number of ketones is 1. The van der Waals surface area contributed by atoms with Gasteiger partial charge in [0, 0.05) is 6.42 Å². The highest BCUT2D eigenvalue weighted by molar-refractivity contribution is 6.03. The van der Waals surface area contributed by atoms with E-state index in [4.69, 9.17) is 5.10 Å². The molecule has 4 rings (SSSR count). The van der Waals surface area contributed by atoms with Crippen molar-refractivity contribution < 1.29 is 4.79 Å².